The van der Waals surface area contributed by atoms with Crippen molar-refractivity contribution in [3.05, 3.63) is 17.0 Å². The quantitative estimate of drug-likeness (QED) is 0.553. The minimum Gasteiger partial charge on any atom is -0.477 e. The van der Waals surface area contributed by atoms with Crippen LogP contribution in [-0.2, 0) is 0 Å². The average molecular weight is 229 g/mol. The first-order chi connectivity index (χ1) is 7.25. The van der Waals surface area contributed by atoms with Crippen LogP contribution < -0.4 is 4.74 Å². The van der Waals surface area contributed by atoms with Gasteiger partial charge in [-0.3, -0.25) is 0 Å². The van der Waals surface area contributed by atoms with Crippen LogP contribution in [0.4, 0.5) is 0 Å². The summed E-state index contributed by atoms with van der Waals surface area (Å²) in [6.07, 6.45) is 6.19. The first kappa shape index (κ1) is 12.2. The van der Waals surface area contributed by atoms with Gasteiger partial charge in [0.15, 0.2) is 0 Å². The summed E-state index contributed by atoms with van der Waals surface area (Å²) < 4.78 is 5.53. The normalized spacial score (nSPS) is 10.3. The lowest BCUT2D eigenvalue weighted by Crippen LogP contribution is -2.01. The summed E-state index contributed by atoms with van der Waals surface area (Å²) in [6, 6.07) is 0. The summed E-state index contributed by atoms with van der Waals surface area (Å²) >= 11 is 5.85. The molecular formula is C11H17ClN2O. The zero-order valence-electron chi connectivity index (χ0n) is 9.29. The third kappa shape index (κ3) is 4.04. The van der Waals surface area contributed by atoms with E-state index in [9.17, 15) is 0 Å². The Bertz CT molecular complexity index is 305. The Kier molecular flexibility index (Phi) is 5.40. The molecule has 0 N–H and O–H groups in total. The fourth-order valence-corrected chi connectivity index (χ4v) is 1.38. The second-order valence-electron chi connectivity index (χ2n) is 3.50. The Hall–Kier alpha value is -0.830. The number of aromatic nitrogens is 2. The van der Waals surface area contributed by atoms with Gasteiger partial charge in [-0.05, 0) is 13.3 Å². The average Bonchev–Trinajstić information content (AvgIpc) is 2.24. The fourth-order valence-electron chi connectivity index (χ4n) is 1.26. The Balaban J connectivity index is 2.34. The third-order valence-electron chi connectivity index (χ3n) is 2.21. The Morgan fingerprint density at radius 1 is 1.27 bits per heavy atom. The molecule has 4 heteroatoms. The number of rotatable bonds is 6. The first-order valence-electron chi connectivity index (χ1n) is 5.35. The van der Waals surface area contributed by atoms with Crippen molar-refractivity contribution >= 4 is 11.6 Å². The molecule has 1 heterocycles. The molecule has 0 bridgehead atoms. The second-order valence-corrected chi connectivity index (χ2v) is 3.86. The lowest BCUT2D eigenvalue weighted by atomic mass is 10.2. The Morgan fingerprint density at radius 2 is 2.07 bits per heavy atom. The van der Waals surface area contributed by atoms with Gasteiger partial charge in [-0.15, -0.1) is 0 Å². The molecular weight excluding hydrogens is 212 g/mol. The maximum Gasteiger partial charge on any atom is 0.220 e. The van der Waals surface area contributed by atoms with Crippen molar-refractivity contribution < 1.29 is 4.74 Å². The second kappa shape index (κ2) is 6.62. The van der Waals surface area contributed by atoms with Crippen molar-refractivity contribution in [2.24, 2.45) is 0 Å². The van der Waals surface area contributed by atoms with Crippen LogP contribution in [0.3, 0.4) is 0 Å². The zero-order chi connectivity index (χ0) is 11.1. The van der Waals surface area contributed by atoms with Crippen molar-refractivity contribution in [3.63, 3.8) is 0 Å². The van der Waals surface area contributed by atoms with Gasteiger partial charge >= 0.3 is 0 Å². The van der Waals surface area contributed by atoms with Crippen LogP contribution in [0.25, 0.3) is 0 Å². The number of ether oxygens (including phenoxy) is 1. The van der Waals surface area contributed by atoms with E-state index in [1.807, 2.05) is 6.92 Å². The van der Waals surface area contributed by atoms with E-state index in [1.165, 1.54) is 25.6 Å². The summed E-state index contributed by atoms with van der Waals surface area (Å²) in [5.41, 5.74) is 0.814. The maximum absolute atomic E-state index is 5.85. The molecule has 0 unspecified atom stereocenters. The molecule has 0 fully saturated rings. The lowest BCUT2D eigenvalue weighted by molar-refractivity contribution is 0.291. The maximum atomic E-state index is 5.85. The van der Waals surface area contributed by atoms with Crippen molar-refractivity contribution in [1.29, 1.82) is 0 Å². The first-order valence-corrected chi connectivity index (χ1v) is 5.73. The summed E-state index contributed by atoms with van der Waals surface area (Å²) in [4.78, 5) is 7.91. The number of unbranched alkanes of at least 4 members (excludes halogenated alkanes) is 3. The van der Waals surface area contributed by atoms with Gasteiger partial charge in [-0.1, -0.05) is 37.8 Å². The van der Waals surface area contributed by atoms with E-state index in [4.69, 9.17) is 16.3 Å². The molecule has 15 heavy (non-hydrogen) atoms. The molecule has 0 amide bonds. The monoisotopic (exact) mass is 228 g/mol. The fraction of sp³-hybridized carbons (Fsp3) is 0.636. The highest BCUT2D eigenvalue weighted by atomic mass is 35.5. The molecule has 0 atom stereocenters. The highest BCUT2D eigenvalue weighted by Gasteiger charge is 2.05. The van der Waals surface area contributed by atoms with E-state index < -0.39 is 0 Å². The highest BCUT2D eigenvalue weighted by Crippen LogP contribution is 2.20. The van der Waals surface area contributed by atoms with Gasteiger partial charge in [0.05, 0.1) is 6.61 Å². The molecule has 1 aromatic rings. The van der Waals surface area contributed by atoms with Gasteiger partial charge < -0.3 is 4.74 Å². The summed E-state index contributed by atoms with van der Waals surface area (Å²) in [5.74, 6) is 0.603. The molecule has 0 spiro atoms. The molecule has 84 valence electrons. The van der Waals surface area contributed by atoms with Crippen molar-refractivity contribution in [2.75, 3.05) is 6.61 Å². The summed E-state index contributed by atoms with van der Waals surface area (Å²) in [5, 5.41) is 0.466. The molecule has 0 saturated carbocycles. The Morgan fingerprint density at radius 3 is 2.80 bits per heavy atom. The van der Waals surface area contributed by atoms with E-state index in [0.29, 0.717) is 17.6 Å². The predicted molar refractivity (Wildman–Crippen MR) is 61.4 cm³/mol. The number of halogens is 1. The topological polar surface area (TPSA) is 35.0 Å². The van der Waals surface area contributed by atoms with Crippen LogP contribution in [0.1, 0.15) is 38.2 Å². The van der Waals surface area contributed by atoms with E-state index in [1.54, 1.807) is 0 Å². The number of hydrogen-bond acceptors (Lipinski definition) is 3. The van der Waals surface area contributed by atoms with E-state index >= 15 is 0 Å². The summed E-state index contributed by atoms with van der Waals surface area (Å²) in [7, 11) is 0. The van der Waals surface area contributed by atoms with Crippen LogP contribution in [-0.4, -0.2) is 16.6 Å². The number of nitrogens with zero attached hydrogens (tertiary/aromatic N) is 2. The molecule has 1 rings (SSSR count). The van der Waals surface area contributed by atoms with Crippen LogP contribution in [0.15, 0.2) is 6.33 Å². The minimum atomic E-state index is 0.466. The molecule has 3 nitrogen and oxygen atoms in total. The van der Waals surface area contributed by atoms with Crippen molar-refractivity contribution in [1.82, 2.24) is 9.97 Å². The molecule has 0 aliphatic carbocycles. The summed E-state index contributed by atoms with van der Waals surface area (Å²) in [6.45, 7) is 4.76. The smallest absolute Gasteiger partial charge is 0.220 e. The van der Waals surface area contributed by atoms with Crippen LogP contribution >= 0.6 is 11.6 Å². The van der Waals surface area contributed by atoms with Crippen LogP contribution in [0, 0.1) is 6.92 Å². The molecule has 0 radical (unpaired) electrons. The molecule has 0 aliphatic heterocycles. The van der Waals surface area contributed by atoms with E-state index in [0.717, 1.165) is 12.0 Å². The molecule has 1 aromatic heterocycles. The molecule has 0 aliphatic rings. The molecule has 0 aromatic carbocycles. The van der Waals surface area contributed by atoms with Crippen molar-refractivity contribution in [3.8, 4) is 5.88 Å². The van der Waals surface area contributed by atoms with Gasteiger partial charge in [0.2, 0.25) is 5.88 Å². The Labute approximate surface area is 95.8 Å². The van der Waals surface area contributed by atoms with Gasteiger partial charge in [0, 0.05) is 5.56 Å². The van der Waals surface area contributed by atoms with Crippen molar-refractivity contribution in [2.45, 2.75) is 39.5 Å². The SMILES string of the molecule is CCCCCCOc1ncnc(Cl)c1C. The largest absolute Gasteiger partial charge is 0.477 e. The number of hydrogen-bond donors (Lipinski definition) is 0. The van der Waals surface area contributed by atoms with E-state index in [-0.39, 0.29) is 0 Å². The highest BCUT2D eigenvalue weighted by molar-refractivity contribution is 6.30. The lowest BCUT2D eigenvalue weighted by Gasteiger charge is -2.07. The van der Waals surface area contributed by atoms with Gasteiger partial charge in [-0.2, -0.15) is 0 Å². The van der Waals surface area contributed by atoms with Gasteiger partial charge in [-0.25, -0.2) is 9.97 Å². The third-order valence-corrected chi connectivity index (χ3v) is 2.59. The standard InChI is InChI=1S/C11H17ClN2O/c1-3-4-5-6-7-15-11-9(2)10(12)13-8-14-11/h8H,3-7H2,1-2H3. The van der Waals surface area contributed by atoms with E-state index in [2.05, 4.69) is 16.9 Å². The van der Waals surface area contributed by atoms with Gasteiger partial charge in [0.1, 0.15) is 11.5 Å². The predicted octanol–water partition coefficient (Wildman–Crippen LogP) is 3.40. The van der Waals surface area contributed by atoms with Gasteiger partial charge in [0.25, 0.3) is 0 Å². The minimum absolute atomic E-state index is 0.466. The van der Waals surface area contributed by atoms with Crippen LogP contribution in [0.5, 0.6) is 5.88 Å². The zero-order valence-corrected chi connectivity index (χ0v) is 10.0. The van der Waals surface area contributed by atoms with Crippen LogP contribution in [0.2, 0.25) is 5.15 Å². The molecule has 0 saturated heterocycles.